The van der Waals surface area contributed by atoms with Crippen LogP contribution in [0.2, 0.25) is 0 Å². The van der Waals surface area contributed by atoms with Crippen molar-refractivity contribution in [2.45, 2.75) is 19.0 Å². The Bertz CT molecular complexity index is 793. The van der Waals surface area contributed by atoms with Gasteiger partial charge in [-0.2, -0.15) is 0 Å². The first-order valence-electron chi connectivity index (χ1n) is 8.18. The van der Waals surface area contributed by atoms with Gasteiger partial charge in [0.05, 0.1) is 11.5 Å². The fourth-order valence-corrected chi connectivity index (χ4v) is 5.48. The van der Waals surface area contributed by atoms with E-state index in [4.69, 9.17) is 0 Å². The van der Waals surface area contributed by atoms with E-state index in [1.807, 2.05) is 18.5 Å². The summed E-state index contributed by atoms with van der Waals surface area (Å²) in [7, 11) is -2.79. The zero-order valence-electron chi connectivity index (χ0n) is 13.1. The van der Waals surface area contributed by atoms with Gasteiger partial charge in [-0.3, -0.25) is 9.80 Å². The number of aromatic nitrogens is 2. The van der Waals surface area contributed by atoms with E-state index < -0.39 is 9.84 Å². The first-order chi connectivity index (χ1) is 11.1. The van der Waals surface area contributed by atoms with Gasteiger partial charge in [-0.25, -0.2) is 13.4 Å². The maximum absolute atomic E-state index is 11.6. The summed E-state index contributed by atoms with van der Waals surface area (Å²) in [6.07, 6.45) is 4.64. The molecule has 1 atom stereocenters. The minimum Gasteiger partial charge on any atom is -0.303 e. The predicted octanol–water partition coefficient (Wildman–Crippen LogP) is 0.639. The molecular formula is C16H22N4O2S. The molecule has 0 N–H and O–H groups in total. The Hall–Kier alpha value is -1.44. The van der Waals surface area contributed by atoms with E-state index in [2.05, 4.69) is 31.3 Å². The number of piperazine rings is 1. The van der Waals surface area contributed by atoms with Gasteiger partial charge in [-0.1, -0.05) is 6.07 Å². The van der Waals surface area contributed by atoms with Gasteiger partial charge < -0.3 is 4.40 Å². The number of sulfone groups is 1. The third-order valence-corrected chi connectivity index (χ3v) is 6.78. The van der Waals surface area contributed by atoms with Gasteiger partial charge in [0.25, 0.3) is 0 Å². The van der Waals surface area contributed by atoms with E-state index >= 15 is 0 Å². The van der Waals surface area contributed by atoms with Crippen molar-refractivity contribution in [1.29, 1.82) is 0 Å². The Kier molecular flexibility index (Phi) is 3.87. The third-order valence-electron chi connectivity index (χ3n) is 5.03. The molecule has 2 aromatic rings. The van der Waals surface area contributed by atoms with E-state index in [1.165, 1.54) is 5.69 Å². The Morgan fingerprint density at radius 2 is 2.00 bits per heavy atom. The van der Waals surface area contributed by atoms with Gasteiger partial charge in [0.1, 0.15) is 5.65 Å². The van der Waals surface area contributed by atoms with Gasteiger partial charge in [0.15, 0.2) is 9.84 Å². The van der Waals surface area contributed by atoms with Crippen LogP contribution in [0.4, 0.5) is 0 Å². The maximum atomic E-state index is 11.6. The van der Waals surface area contributed by atoms with Gasteiger partial charge in [0.2, 0.25) is 0 Å². The van der Waals surface area contributed by atoms with Crippen LogP contribution in [-0.2, 0) is 16.4 Å². The van der Waals surface area contributed by atoms with Gasteiger partial charge in [0, 0.05) is 56.9 Å². The summed E-state index contributed by atoms with van der Waals surface area (Å²) in [5.41, 5.74) is 2.23. The molecule has 0 aliphatic carbocycles. The van der Waals surface area contributed by atoms with Crippen LogP contribution in [-0.4, -0.2) is 71.3 Å². The molecule has 0 unspecified atom stereocenters. The summed E-state index contributed by atoms with van der Waals surface area (Å²) in [6, 6.07) is 6.45. The Balaban J connectivity index is 1.38. The maximum Gasteiger partial charge on any atom is 0.151 e. The summed E-state index contributed by atoms with van der Waals surface area (Å²) in [5, 5.41) is 0. The minimum absolute atomic E-state index is 0.235. The molecule has 2 aliphatic rings. The molecule has 0 amide bonds. The molecule has 4 rings (SSSR count). The fraction of sp³-hybridized carbons (Fsp3) is 0.562. The van der Waals surface area contributed by atoms with E-state index in [-0.39, 0.29) is 6.04 Å². The van der Waals surface area contributed by atoms with Crippen molar-refractivity contribution in [2.24, 2.45) is 0 Å². The van der Waals surface area contributed by atoms with Crippen LogP contribution in [0.1, 0.15) is 12.1 Å². The SMILES string of the molecule is O=S1(=O)CC[C@@H](N2CCN(Cc3cccc4nccn34)CC2)C1. The zero-order chi connectivity index (χ0) is 15.9. The van der Waals surface area contributed by atoms with Crippen molar-refractivity contribution in [2.75, 3.05) is 37.7 Å². The van der Waals surface area contributed by atoms with Crippen LogP contribution >= 0.6 is 0 Å². The zero-order valence-corrected chi connectivity index (χ0v) is 14.0. The number of imidazole rings is 1. The highest BCUT2D eigenvalue weighted by Gasteiger charge is 2.33. The molecule has 4 heterocycles. The second-order valence-electron chi connectivity index (χ2n) is 6.54. The number of fused-ring (bicyclic) bond motifs is 1. The molecular weight excluding hydrogens is 312 g/mol. The predicted molar refractivity (Wildman–Crippen MR) is 89.1 cm³/mol. The van der Waals surface area contributed by atoms with E-state index in [0.29, 0.717) is 11.5 Å². The van der Waals surface area contributed by atoms with E-state index in [9.17, 15) is 8.42 Å². The van der Waals surface area contributed by atoms with Crippen molar-refractivity contribution in [3.05, 3.63) is 36.3 Å². The minimum atomic E-state index is -2.79. The summed E-state index contributed by atoms with van der Waals surface area (Å²) >= 11 is 0. The molecule has 0 spiro atoms. The van der Waals surface area contributed by atoms with Crippen molar-refractivity contribution in [1.82, 2.24) is 19.2 Å². The molecule has 2 aliphatic heterocycles. The highest BCUT2D eigenvalue weighted by atomic mass is 32.2. The van der Waals surface area contributed by atoms with Crippen molar-refractivity contribution in [3.8, 4) is 0 Å². The quantitative estimate of drug-likeness (QED) is 0.824. The van der Waals surface area contributed by atoms with Crippen LogP contribution in [0.25, 0.3) is 5.65 Å². The molecule has 124 valence electrons. The average molecular weight is 334 g/mol. The first kappa shape index (κ1) is 15.1. The lowest BCUT2D eigenvalue weighted by Gasteiger charge is -2.37. The molecule has 23 heavy (non-hydrogen) atoms. The largest absolute Gasteiger partial charge is 0.303 e. The van der Waals surface area contributed by atoms with Crippen LogP contribution in [0.3, 0.4) is 0 Å². The Labute approximate surface area is 136 Å². The normalized spacial score (nSPS) is 26.0. The number of hydrogen-bond acceptors (Lipinski definition) is 5. The molecule has 2 saturated heterocycles. The lowest BCUT2D eigenvalue weighted by molar-refractivity contribution is 0.0990. The van der Waals surface area contributed by atoms with E-state index in [1.54, 1.807) is 0 Å². The first-order valence-corrected chi connectivity index (χ1v) is 10.0. The highest BCUT2D eigenvalue weighted by molar-refractivity contribution is 7.91. The summed E-state index contributed by atoms with van der Waals surface area (Å²) in [4.78, 5) is 9.13. The Morgan fingerprint density at radius 3 is 2.74 bits per heavy atom. The molecule has 2 fully saturated rings. The topological polar surface area (TPSA) is 57.9 Å². The molecule has 0 bridgehead atoms. The molecule has 0 aromatic carbocycles. The monoisotopic (exact) mass is 334 g/mol. The molecule has 6 nitrogen and oxygen atoms in total. The van der Waals surface area contributed by atoms with Crippen LogP contribution in [0.5, 0.6) is 0 Å². The second kappa shape index (κ2) is 5.89. The number of hydrogen-bond donors (Lipinski definition) is 0. The number of pyridine rings is 1. The van der Waals surface area contributed by atoms with E-state index in [0.717, 1.165) is 44.8 Å². The summed E-state index contributed by atoms with van der Waals surface area (Å²) < 4.78 is 25.4. The van der Waals surface area contributed by atoms with Gasteiger partial charge in [-0.15, -0.1) is 0 Å². The molecule has 0 saturated carbocycles. The van der Waals surface area contributed by atoms with Crippen molar-refractivity contribution < 1.29 is 8.42 Å². The molecule has 0 radical (unpaired) electrons. The Morgan fingerprint density at radius 1 is 1.17 bits per heavy atom. The van der Waals surface area contributed by atoms with Crippen LogP contribution < -0.4 is 0 Å². The smallest absolute Gasteiger partial charge is 0.151 e. The third kappa shape index (κ3) is 3.13. The van der Waals surface area contributed by atoms with Crippen molar-refractivity contribution >= 4 is 15.5 Å². The summed E-state index contributed by atoms with van der Waals surface area (Å²) in [6.45, 7) is 4.80. The highest BCUT2D eigenvalue weighted by Crippen LogP contribution is 2.20. The number of nitrogens with zero attached hydrogens (tertiary/aromatic N) is 4. The summed E-state index contributed by atoms with van der Waals surface area (Å²) in [5.74, 6) is 0.710. The molecule has 7 heteroatoms. The van der Waals surface area contributed by atoms with Crippen molar-refractivity contribution in [3.63, 3.8) is 0 Å². The lowest BCUT2D eigenvalue weighted by atomic mass is 10.2. The van der Waals surface area contributed by atoms with Gasteiger partial charge in [-0.05, 0) is 18.6 Å². The molecule has 2 aromatic heterocycles. The lowest BCUT2D eigenvalue weighted by Crippen LogP contribution is -2.50. The standard InChI is InChI=1S/C16H22N4O2S/c21-23(22)11-4-15(13-23)19-9-7-18(8-10-19)12-14-2-1-3-16-17-5-6-20(14)16/h1-3,5-6,15H,4,7-13H2/t15-/m1/s1. The van der Waals surface area contributed by atoms with Crippen LogP contribution in [0, 0.1) is 0 Å². The van der Waals surface area contributed by atoms with Gasteiger partial charge >= 0.3 is 0 Å². The second-order valence-corrected chi connectivity index (χ2v) is 8.77. The van der Waals surface area contributed by atoms with Crippen LogP contribution in [0.15, 0.2) is 30.6 Å². The fourth-order valence-electron chi connectivity index (χ4n) is 3.71. The average Bonchev–Trinajstić information content (AvgIpc) is 3.15. The number of rotatable bonds is 3.